The molecule has 2 aliphatic heterocycles. The zero-order valence-electron chi connectivity index (χ0n) is 20.3. The molecule has 37 heavy (non-hydrogen) atoms. The van der Waals surface area contributed by atoms with Crippen molar-refractivity contribution in [1.29, 1.82) is 5.26 Å². The standard InChI is InChI=1S/C29H25N5O3/c1-18-31-27(33-37-18)19-10-11-26(20(16-19)17-30)34-14-12-21(13-15-34)29(36)23-7-3-2-6-22(23)28(35)32-25-9-5-4-8-24(25)29/h2-11,16,21,36H,12-15H2,1H3,(H,32,35). The summed E-state index contributed by atoms with van der Waals surface area (Å²) in [7, 11) is 0. The first-order valence-corrected chi connectivity index (χ1v) is 12.3. The topological polar surface area (TPSA) is 115 Å². The summed E-state index contributed by atoms with van der Waals surface area (Å²) in [5, 5.41) is 29.2. The molecule has 8 heteroatoms. The Morgan fingerprint density at radius 2 is 1.81 bits per heavy atom. The van der Waals surface area contributed by atoms with E-state index in [0.717, 1.165) is 11.3 Å². The first kappa shape index (κ1) is 23.0. The molecule has 0 spiro atoms. The van der Waals surface area contributed by atoms with Gasteiger partial charge in [-0.1, -0.05) is 41.6 Å². The Bertz CT molecular complexity index is 1550. The van der Waals surface area contributed by atoms with Gasteiger partial charge in [0.1, 0.15) is 11.7 Å². The number of nitriles is 1. The molecule has 0 radical (unpaired) electrons. The lowest BCUT2D eigenvalue weighted by molar-refractivity contribution is 0.00559. The molecule has 0 aliphatic carbocycles. The van der Waals surface area contributed by atoms with E-state index >= 15 is 0 Å². The molecule has 4 aromatic rings. The van der Waals surface area contributed by atoms with Crippen LogP contribution < -0.4 is 10.2 Å². The van der Waals surface area contributed by atoms with Gasteiger partial charge in [0, 0.05) is 48.0 Å². The molecule has 2 N–H and O–H groups in total. The van der Waals surface area contributed by atoms with Crippen LogP contribution in [-0.4, -0.2) is 34.2 Å². The number of benzene rings is 3. The van der Waals surface area contributed by atoms with E-state index in [2.05, 4.69) is 26.4 Å². The van der Waals surface area contributed by atoms with Crippen molar-refractivity contribution in [3.05, 3.63) is 94.9 Å². The largest absolute Gasteiger partial charge is 0.380 e. The number of rotatable bonds is 3. The second-order valence-electron chi connectivity index (χ2n) is 9.55. The van der Waals surface area contributed by atoms with Gasteiger partial charge >= 0.3 is 0 Å². The third-order valence-electron chi connectivity index (χ3n) is 7.50. The maximum Gasteiger partial charge on any atom is 0.256 e. The number of nitrogens with zero attached hydrogens (tertiary/aromatic N) is 4. The van der Waals surface area contributed by atoms with Gasteiger partial charge in [-0.05, 0) is 49.1 Å². The van der Waals surface area contributed by atoms with Crippen LogP contribution in [0.4, 0.5) is 11.4 Å². The Labute approximate surface area is 214 Å². The molecule has 1 atom stereocenters. The van der Waals surface area contributed by atoms with Gasteiger partial charge in [-0.3, -0.25) is 4.79 Å². The van der Waals surface area contributed by atoms with Crippen LogP contribution in [0.2, 0.25) is 0 Å². The fourth-order valence-electron chi connectivity index (χ4n) is 5.71. The average molecular weight is 492 g/mol. The number of carbonyl (C=O) groups excluding carboxylic acids is 1. The van der Waals surface area contributed by atoms with Crippen molar-refractivity contribution < 1.29 is 14.4 Å². The second-order valence-corrected chi connectivity index (χ2v) is 9.55. The van der Waals surface area contributed by atoms with Crippen LogP contribution in [0, 0.1) is 24.2 Å². The molecule has 3 heterocycles. The Balaban J connectivity index is 1.32. The molecular formula is C29H25N5O3. The molecule has 8 nitrogen and oxygen atoms in total. The van der Waals surface area contributed by atoms with E-state index in [1.54, 1.807) is 19.1 Å². The van der Waals surface area contributed by atoms with Gasteiger partial charge in [0.25, 0.3) is 5.91 Å². The van der Waals surface area contributed by atoms with Crippen LogP contribution in [0.5, 0.6) is 0 Å². The molecule has 1 unspecified atom stereocenters. The number of hydrogen-bond donors (Lipinski definition) is 2. The molecule has 0 bridgehead atoms. The van der Waals surface area contributed by atoms with Crippen LogP contribution in [0.15, 0.2) is 71.3 Å². The fraction of sp³-hybridized carbons (Fsp3) is 0.241. The monoisotopic (exact) mass is 491 g/mol. The summed E-state index contributed by atoms with van der Waals surface area (Å²) in [5.41, 5.74) is 3.25. The number of carbonyl (C=O) groups is 1. The number of piperidine rings is 1. The normalized spacial score (nSPS) is 19.4. The highest BCUT2D eigenvalue weighted by Crippen LogP contribution is 2.47. The van der Waals surface area contributed by atoms with Crippen LogP contribution in [0.25, 0.3) is 11.4 Å². The lowest BCUT2D eigenvalue weighted by atomic mass is 9.70. The molecule has 1 aromatic heterocycles. The average Bonchev–Trinajstić information content (AvgIpc) is 3.35. The molecule has 2 aliphatic rings. The minimum absolute atomic E-state index is 0.120. The number of nitrogens with one attached hydrogen (secondary N) is 1. The quantitative estimate of drug-likeness (QED) is 0.429. The zero-order chi connectivity index (χ0) is 25.6. The minimum atomic E-state index is -1.32. The summed E-state index contributed by atoms with van der Waals surface area (Å²) >= 11 is 0. The van der Waals surface area contributed by atoms with Gasteiger partial charge in [-0.25, -0.2) is 0 Å². The molecular weight excluding hydrogens is 466 g/mol. The summed E-state index contributed by atoms with van der Waals surface area (Å²) in [4.78, 5) is 19.4. The van der Waals surface area contributed by atoms with Crippen molar-refractivity contribution in [3.8, 4) is 17.5 Å². The summed E-state index contributed by atoms with van der Waals surface area (Å²) in [6, 6.07) is 22.7. The lowest BCUT2D eigenvalue weighted by Crippen LogP contribution is -2.44. The number of fused-ring (bicyclic) bond motifs is 2. The smallest absolute Gasteiger partial charge is 0.256 e. The first-order chi connectivity index (χ1) is 18.0. The van der Waals surface area contributed by atoms with Crippen molar-refractivity contribution in [2.45, 2.75) is 25.4 Å². The second kappa shape index (κ2) is 8.87. The zero-order valence-corrected chi connectivity index (χ0v) is 20.3. The molecule has 1 fully saturated rings. The maximum atomic E-state index is 13.0. The van der Waals surface area contributed by atoms with Crippen LogP contribution in [-0.2, 0) is 5.60 Å². The van der Waals surface area contributed by atoms with Crippen molar-refractivity contribution in [2.75, 3.05) is 23.3 Å². The lowest BCUT2D eigenvalue weighted by Gasteiger charge is -2.43. The van der Waals surface area contributed by atoms with Crippen molar-refractivity contribution in [3.63, 3.8) is 0 Å². The highest BCUT2D eigenvalue weighted by molar-refractivity contribution is 6.07. The predicted octanol–water partition coefficient (Wildman–Crippen LogP) is 4.63. The number of aromatic nitrogens is 2. The number of hydrogen-bond acceptors (Lipinski definition) is 7. The van der Waals surface area contributed by atoms with Crippen LogP contribution >= 0.6 is 0 Å². The number of aryl methyl sites for hydroxylation is 1. The van der Waals surface area contributed by atoms with Gasteiger partial charge in [0.15, 0.2) is 0 Å². The van der Waals surface area contributed by atoms with E-state index in [9.17, 15) is 15.2 Å². The molecule has 3 aromatic carbocycles. The van der Waals surface area contributed by atoms with Crippen molar-refractivity contribution >= 4 is 17.3 Å². The van der Waals surface area contributed by atoms with E-state index in [0.29, 0.717) is 65.6 Å². The Hall–Kier alpha value is -4.48. The third-order valence-corrected chi connectivity index (χ3v) is 7.50. The minimum Gasteiger partial charge on any atom is -0.380 e. The number of amides is 1. The van der Waals surface area contributed by atoms with Gasteiger partial charge in [-0.15, -0.1) is 0 Å². The number of para-hydroxylation sites is 1. The maximum absolute atomic E-state index is 13.0. The number of aliphatic hydroxyl groups is 1. The van der Waals surface area contributed by atoms with Crippen molar-refractivity contribution in [2.24, 2.45) is 5.92 Å². The predicted molar refractivity (Wildman–Crippen MR) is 138 cm³/mol. The van der Waals surface area contributed by atoms with Gasteiger partial charge in [0.2, 0.25) is 11.7 Å². The SMILES string of the molecule is Cc1nc(-c2ccc(N3CCC(C4(O)c5ccccc5NC(=O)c5ccccc54)CC3)c(C#N)c2)no1. The Kier molecular flexibility index (Phi) is 5.50. The van der Waals surface area contributed by atoms with Crippen LogP contribution in [0.1, 0.15) is 45.8 Å². The Morgan fingerprint density at radius 3 is 2.54 bits per heavy atom. The third kappa shape index (κ3) is 3.76. The van der Waals surface area contributed by atoms with E-state index in [1.165, 1.54) is 0 Å². The van der Waals surface area contributed by atoms with Crippen molar-refractivity contribution in [1.82, 2.24) is 10.1 Å². The van der Waals surface area contributed by atoms with Gasteiger partial charge in [-0.2, -0.15) is 10.2 Å². The van der Waals surface area contributed by atoms with Crippen LogP contribution in [0.3, 0.4) is 0 Å². The van der Waals surface area contributed by atoms with Gasteiger partial charge in [0.05, 0.1) is 11.3 Å². The highest BCUT2D eigenvalue weighted by atomic mass is 16.5. The number of anilines is 2. The summed E-state index contributed by atoms with van der Waals surface area (Å²) in [6.07, 6.45) is 1.37. The van der Waals surface area contributed by atoms with E-state index in [-0.39, 0.29) is 11.8 Å². The first-order valence-electron chi connectivity index (χ1n) is 12.3. The fourth-order valence-corrected chi connectivity index (χ4v) is 5.71. The van der Waals surface area contributed by atoms with E-state index in [1.807, 2.05) is 54.6 Å². The molecule has 0 saturated carbocycles. The molecule has 184 valence electrons. The van der Waals surface area contributed by atoms with E-state index < -0.39 is 5.60 Å². The summed E-state index contributed by atoms with van der Waals surface area (Å²) < 4.78 is 5.08. The summed E-state index contributed by atoms with van der Waals surface area (Å²) in [5.74, 6) is 0.587. The molecule has 1 amide bonds. The molecule has 6 rings (SSSR count). The highest BCUT2D eigenvalue weighted by Gasteiger charge is 2.46. The Morgan fingerprint density at radius 1 is 1.08 bits per heavy atom. The summed E-state index contributed by atoms with van der Waals surface area (Å²) in [6.45, 7) is 3.05. The van der Waals surface area contributed by atoms with E-state index in [4.69, 9.17) is 4.52 Å². The molecule has 1 saturated heterocycles. The van der Waals surface area contributed by atoms with Gasteiger partial charge < -0.3 is 19.8 Å².